The Kier molecular flexibility index (Phi) is 0.722. The molecule has 0 aromatic carbocycles. The van der Waals surface area contributed by atoms with Crippen molar-refractivity contribution in [3.05, 3.63) is 0 Å². The number of rotatable bonds is 0. The summed E-state index contributed by atoms with van der Waals surface area (Å²) >= 11 is 0. The molecule has 1 saturated carbocycles. The first kappa shape index (κ1) is 6.18. The van der Waals surface area contributed by atoms with Crippen LogP contribution in [-0.4, -0.2) is 17.0 Å². The second-order valence-corrected chi connectivity index (χ2v) is 4.57. The number of hydrogen-bond acceptors (Lipinski definition) is 2. The topological polar surface area (TPSA) is 26.3 Å². The maximum atomic E-state index is 11.6. The van der Waals surface area contributed by atoms with Gasteiger partial charge in [-0.15, -0.1) is 0 Å². The molecule has 3 aliphatic rings. The highest BCUT2D eigenvalue weighted by atomic mass is 16.5. The van der Waals surface area contributed by atoms with Crippen LogP contribution >= 0.6 is 0 Å². The smallest absolute Gasteiger partial charge is 0.170 e. The summed E-state index contributed by atoms with van der Waals surface area (Å²) in [6, 6.07) is 0. The van der Waals surface area contributed by atoms with Gasteiger partial charge in [0.1, 0.15) is 5.60 Å². The van der Waals surface area contributed by atoms with Gasteiger partial charge in [0.15, 0.2) is 5.78 Å². The van der Waals surface area contributed by atoms with E-state index < -0.39 is 0 Å². The van der Waals surface area contributed by atoms with Gasteiger partial charge in [0.25, 0.3) is 0 Å². The lowest BCUT2D eigenvalue weighted by atomic mass is 9.54. The third-order valence-electron chi connectivity index (χ3n) is 3.94. The minimum Gasteiger partial charge on any atom is -0.360 e. The lowest BCUT2D eigenvalue weighted by molar-refractivity contribution is -0.134. The summed E-state index contributed by atoms with van der Waals surface area (Å²) in [5.41, 5.74) is -0.436. The molecule has 1 aliphatic carbocycles. The van der Waals surface area contributed by atoms with Gasteiger partial charge in [0.05, 0.1) is 11.5 Å². The summed E-state index contributed by atoms with van der Waals surface area (Å²) in [7, 11) is 0. The molecule has 60 valence electrons. The van der Waals surface area contributed by atoms with Crippen LogP contribution in [0.15, 0.2) is 0 Å². The zero-order valence-corrected chi connectivity index (χ0v) is 6.89. The molecule has 2 bridgehead atoms. The summed E-state index contributed by atoms with van der Waals surface area (Å²) in [6.07, 6.45) is 2.06. The van der Waals surface area contributed by atoms with Gasteiger partial charge in [-0.3, -0.25) is 4.79 Å². The van der Waals surface area contributed by atoms with Crippen molar-refractivity contribution in [2.45, 2.75) is 37.9 Å². The number of ether oxygens (including phenoxy) is 1. The van der Waals surface area contributed by atoms with Crippen LogP contribution < -0.4 is 0 Å². The maximum absolute atomic E-state index is 11.6. The van der Waals surface area contributed by atoms with E-state index in [1.54, 1.807) is 0 Å². The minimum atomic E-state index is -0.387. The molecule has 3 rings (SSSR count). The van der Waals surface area contributed by atoms with Gasteiger partial charge < -0.3 is 4.74 Å². The van der Waals surface area contributed by atoms with Crippen LogP contribution in [0.25, 0.3) is 0 Å². The Bertz CT molecular complexity index is 260. The number of carbonyl (C=O) groups excluding carboxylic acids is 1. The average Bonchev–Trinajstić information content (AvgIpc) is 2.17. The van der Waals surface area contributed by atoms with Gasteiger partial charge in [-0.2, -0.15) is 0 Å². The highest BCUT2D eigenvalue weighted by Crippen LogP contribution is 2.65. The lowest BCUT2D eigenvalue weighted by Crippen LogP contribution is -2.55. The predicted molar refractivity (Wildman–Crippen MR) is 39.1 cm³/mol. The van der Waals surface area contributed by atoms with E-state index >= 15 is 0 Å². The lowest BCUT2D eigenvalue weighted by Gasteiger charge is -2.46. The summed E-state index contributed by atoms with van der Waals surface area (Å²) in [6.45, 7) is 4.05. The fourth-order valence-electron chi connectivity index (χ4n) is 3.20. The predicted octanol–water partition coefficient (Wildman–Crippen LogP) is 1.14. The first-order valence-electron chi connectivity index (χ1n) is 4.31. The summed E-state index contributed by atoms with van der Waals surface area (Å²) in [4.78, 5) is 11.6. The fourth-order valence-corrected chi connectivity index (χ4v) is 3.20. The SMILES string of the molecule is CC12C[C@H]3CC(C1=O)C3(C)O2. The molecule has 4 atom stereocenters. The Morgan fingerprint density at radius 2 is 2.27 bits per heavy atom. The van der Waals surface area contributed by atoms with Crippen molar-refractivity contribution in [1.82, 2.24) is 0 Å². The van der Waals surface area contributed by atoms with Crippen LogP contribution in [-0.2, 0) is 9.53 Å². The van der Waals surface area contributed by atoms with Gasteiger partial charge >= 0.3 is 0 Å². The van der Waals surface area contributed by atoms with Gasteiger partial charge in [0, 0.05) is 0 Å². The Balaban J connectivity index is 2.15. The van der Waals surface area contributed by atoms with Crippen LogP contribution in [0.1, 0.15) is 26.7 Å². The van der Waals surface area contributed by atoms with E-state index in [4.69, 9.17) is 4.74 Å². The number of carbonyl (C=O) groups is 1. The quantitative estimate of drug-likeness (QED) is 0.520. The molecule has 2 nitrogen and oxygen atoms in total. The molecule has 3 unspecified atom stereocenters. The van der Waals surface area contributed by atoms with E-state index in [0.29, 0.717) is 11.7 Å². The molecule has 3 fully saturated rings. The molecule has 0 aromatic heterocycles. The number of fused-ring (bicyclic) bond motifs is 1. The van der Waals surface area contributed by atoms with Gasteiger partial charge in [0.2, 0.25) is 0 Å². The maximum Gasteiger partial charge on any atom is 0.170 e. The standard InChI is InChI=1S/C9H12O2/c1-8-4-5-3-6(7(8)10)9(5,2)11-8/h5-6H,3-4H2,1-2H3/t5-,6?,8?,9?/m1/s1. The molecule has 2 saturated heterocycles. The number of Topliss-reactive ketones (excluding diaryl/α,β-unsaturated/α-hetero) is 1. The third kappa shape index (κ3) is 0.418. The van der Waals surface area contributed by atoms with Crippen molar-refractivity contribution in [1.29, 1.82) is 0 Å². The van der Waals surface area contributed by atoms with Gasteiger partial charge in [-0.1, -0.05) is 0 Å². The molecular formula is C9H12O2. The molecule has 0 aromatic rings. The average molecular weight is 152 g/mol. The van der Waals surface area contributed by atoms with Crippen LogP contribution in [0, 0.1) is 11.8 Å². The summed E-state index contributed by atoms with van der Waals surface area (Å²) in [5, 5.41) is 0. The summed E-state index contributed by atoms with van der Waals surface area (Å²) < 4.78 is 5.77. The fraction of sp³-hybridized carbons (Fsp3) is 0.889. The Labute approximate surface area is 65.9 Å². The van der Waals surface area contributed by atoms with E-state index in [1.165, 1.54) is 0 Å². The zero-order chi connectivity index (χ0) is 7.85. The second kappa shape index (κ2) is 1.28. The molecule has 0 radical (unpaired) electrons. The molecule has 2 aliphatic heterocycles. The van der Waals surface area contributed by atoms with Gasteiger partial charge in [-0.05, 0) is 32.6 Å². The Hall–Kier alpha value is -0.370. The van der Waals surface area contributed by atoms with Crippen LogP contribution in [0.4, 0.5) is 0 Å². The molecular weight excluding hydrogens is 140 g/mol. The molecule has 0 amide bonds. The first-order valence-corrected chi connectivity index (χ1v) is 4.31. The van der Waals surface area contributed by atoms with Crippen LogP contribution in [0.3, 0.4) is 0 Å². The van der Waals surface area contributed by atoms with Crippen molar-refractivity contribution in [3.63, 3.8) is 0 Å². The molecule has 2 heteroatoms. The second-order valence-electron chi connectivity index (χ2n) is 4.57. The van der Waals surface area contributed by atoms with Crippen molar-refractivity contribution in [2.75, 3.05) is 0 Å². The van der Waals surface area contributed by atoms with Gasteiger partial charge in [-0.25, -0.2) is 0 Å². The third-order valence-corrected chi connectivity index (χ3v) is 3.94. The largest absolute Gasteiger partial charge is 0.360 e. The van der Waals surface area contributed by atoms with Crippen molar-refractivity contribution in [3.8, 4) is 0 Å². The van der Waals surface area contributed by atoms with Crippen molar-refractivity contribution >= 4 is 5.78 Å². The van der Waals surface area contributed by atoms with Crippen LogP contribution in [0.5, 0.6) is 0 Å². The molecule has 2 heterocycles. The first-order chi connectivity index (χ1) is 5.06. The summed E-state index contributed by atoms with van der Waals surface area (Å²) in [5.74, 6) is 1.28. The van der Waals surface area contributed by atoms with Crippen molar-refractivity contribution in [2.24, 2.45) is 11.8 Å². The highest BCUT2D eigenvalue weighted by Gasteiger charge is 2.73. The van der Waals surface area contributed by atoms with E-state index in [0.717, 1.165) is 12.8 Å². The monoisotopic (exact) mass is 152 g/mol. The van der Waals surface area contributed by atoms with E-state index in [9.17, 15) is 4.79 Å². The van der Waals surface area contributed by atoms with E-state index in [2.05, 4.69) is 6.92 Å². The molecule has 11 heavy (non-hydrogen) atoms. The van der Waals surface area contributed by atoms with E-state index in [1.807, 2.05) is 6.92 Å². The molecule has 0 spiro atoms. The Morgan fingerprint density at radius 1 is 1.55 bits per heavy atom. The normalized spacial score (nSPS) is 65.1. The highest BCUT2D eigenvalue weighted by molar-refractivity contribution is 5.95. The zero-order valence-electron chi connectivity index (χ0n) is 6.89. The Morgan fingerprint density at radius 3 is 2.55 bits per heavy atom. The van der Waals surface area contributed by atoms with Crippen LogP contribution in [0.2, 0.25) is 0 Å². The van der Waals surface area contributed by atoms with E-state index in [-0.39, 0.29) is 17.1 Å². The molecule has 0 N–H and O–H groups in total. The minimum absolute atomic E-state index is 0.0498. The number of ketones is 1. The number of hydrogen-bond donors (Lipinski definition) is 0. The van der Waals surface area contributed by atoms with Crippen molar-refractivity contribution < 1.29 is 9.53 Å².